The van der Waals surface area contributed by atoms with E-state index in [1.165, 1.54) is 19.4 Å². The highest BCUT2D eigenvalue weighted by Crippen LogP contribution is 2.12. The van der Waals surface area contributed by atoms with Gasteiger partial charge in [0.05, 0.1) is 17.6 Å². The van der Waals surface area contributed by atoms with E-state index in [1.54, 1.807) is 4.80 Å². The second kappa shape index (κ2) is 6.83. The van der Waals surface area contributed by atoms with Crippen LogP contribution < -0.4 is 5.32 Å². The third kappa shape index (κ3) is 3.89. The highest BCUT2D eigenvalue weighted by atomic mass is 15.5. The standard InChI is InChI=1S/C16H23N5/c1-20(12-14-6-5-9-17-10-14)13-15-11-18-21(19-15)16-7-3-2-4-8-16/h2-4,7-8,11,14,17H,5-6,9-10,12-13H2,1H3. The van der Waals surface area contributed by atoms with Crippen molar-refractivity contribution in [1.29, 1.82) is 0 Å². The molecular weight excluding hydrogens is 262 g/mol. The number of aromatic nitrogens is 3. The minimum absolute atomic E-state index is 0.757. The largest absolute Gasteiger partial charge is 0.316 e. The van der Waals surface area contributed by atoms with Crippen molar-refractivity contribution in [2.45, 2.75) is 19.4 Å². The summed E-state index contributed by atoms with van der Waals surface area (Å²) in [5, 5.41) is 12.4. The summed E-state index contributed by atoms with van der Waals surface area (Å²) in [6.45, 7) is 4.28. The maximum Gasteiger partial charge on any atom is 0.0971 e. The monoisotopic (exact) mass is 285 g/mol. The molecular formula is C16H23N5. The van der Waals surface area contributed by atoms with Gasteiger partial charge >= 0.3 is 0 Å². The Bertz CT molecular complexity index is 545. The van der Waals surface area contributed by atoms with Gasteiger partial charge in [-0.3, -0.25) is 0 Å². The lowest BCUT2D eigenvalue weighted by molar-refractivity contribution is 0.235. The molecule has 0 radical (unpaired) electrons. The van der Waals surface area contributed by atoms with Crippen molar-refractivity contribution < 1.29 is 0 Å². The van der Waals surface area contributed by atoms with E-state index in [1.807, 2.05) is 36.5 Å². The van der Waals surface area contributed by atoms with Gasteiger partial charge in [-0.1, -0.05) is 18.2 Å². The van der Waals surface area contributed by atoms with Crippen molar-refractivity contribution in [1.82, 2.24) is 25.2 Å². The van der Waals surface area contributed by atoms with Crippen LogP contribution in [0.1, 0.15) is 18.5 Å². The van der Waals surface area contributed by atoms with Gasteiger partial charge in [-0.25, -0.2) is 0 Å². The summed E-state index contributed by atoms with van der Waals surface area (Å²) in [5.41, 5.74) is 2.02. The van der Waals surface area contributed by atoms with E-state index in [0.717, 1.165) is 36.9 Å². The molecule has 1 N–H and O–H groups in total. The van der Waals surface area contributed by atoms with Gasteiger partial charge in [-0.2, -0.15) is 15.0 Å². The van der Waals surface area contributed by atoms with Crippen LogP contribution in [0.4, 0.5) is 0 Å². The first-order valence-corrected chi connectivity index (χ1v) is 7.67. The molecule has 1 aromatic heterocycles. The molecule has 112 valence electrons. The minimum atomic E-state index is 0.757. The van der Waals surface area contributed by atoms with Crippen LogP contribution in [0, 0.1) is 5.92 Å². The van der Waals surface area contributed by atoms with E-state index < -0.39 is 0 Å². The molecule has 5 heteroatoms. The molecule has 1 saturated heterocycles. The molecule has 2 aromatic rings. The Balaban J connectivity index is 1.56. The summed E-state index contributed by atoms with van der Waals surface area (Å²) in [6, 6.07) is 10.0. The van der Waals surface area contributed by atoms with Crippen LogP contribution in [0.5, 0.6) is 0 Å². The lowest BCUT2D eigenvalue weighted by Crippen LogP contribution is -2.36. The van der Waals surface area contributed by atoms with Crippen LogP contribution in [0.15, 0.2) is 36.5 Å². The highest BCUT2D eigenvalue weighted by Gasteiger charge is 2.15. The van der Waals surface area contributed by atoms with Gasteiger partial charge in [0, 0.05) is 13.1 Å². The number of hydrogen-bond acceptors (Lipinski definition) is 4. The van der Waals surface area contributed by atoms with Crippen molar-refractivity contribution >= 4 is 0 Å². The topological polar surface area (TPSA) is 46.0 Å². The highest BCUT2D eigenvalue weighted by molar-refractivity contribution is 5.28. The fraction of sp³-hybridized carbons (Fsp3) is 0.500. The van der Waals surface area contributed by atoms with E-state index in [-0.39, 0.29) is 0 Å². The van der Waals surface area contributed by atoms with E-state index in [4.69, 9.17) is 0 Å². The molecule has 1 atom stereocenters. The Morgan fingerprint density at radius 2 is 2.19 bits per heavy atom. The Morgan fingerprint density at radius 3 is 2.95 bits per heavy atom. The zero-order valence-corrected chi connectivity index (χ0v) is 12.6. The Kier molecular flexibility index (Phi) is 4.62. The van der Waals surface area contributed by atoms with E-state index in [2.05, 4.69) is 27.5 Å². The zero-order valence-electron chi connectivity index (χ0n) is 12.6. The summed E-state index contributed by atoms with van der Waals surface area (Å²) in [4.78, 5) is 4.04. The predicted molar refractivity (Wildman–Crippen MR) is 83.3 cm³/mol. The van der Waals surface area contributed by atoms with Crippen molar-refractivity contribution in [3.05, 3.63) is 42.2 Å². The van der Waals surface area contributed by atoms with Crippen molar-refractivity contribution in [2.24, 2.45) is 5.92 Å². The SMILES string of the molecule is CN(Cc1cnn(-c2ccccc2)n1)CC1CCCNC1. The quantitative estimate of drug-likeness (QED) is 0.908. The zero-order chi connectivity index (χ0) is 14.5. The molecule has 5 nitrogen and oxygen atoms in total. The Morgan fingerprint density at radius 1 is 1.33 bits per heavy atom. The second-order valence-electron chi connectivity index (χ2n) is 5.87. The van der Waals surface area contributed by atoms with Gasteiger partial charge < -0.3 is 10.2 Å². The number of piperidine rings is 1. The van der Waals surface area contributed by atoms with Crippen LogP contribution >= 0.6 is 0 Å². The number of rotatable bonds is 5. The number of benzene rings is 1. The maximum absolute atomic E-state index is 4.56. The fourth-order valence-electron chi connectivity index (χ4n) is 2.91. The number of nitrogens with one attached hydrogen (secondary N) is 1. The third-order valence-electron chi connectivity index (χ3n) is 3.93. The van der Waals surface area contributed by atoms with Crippen LogP contribution in [0.2, 0.25) is 0 Å². The van der Waals surface area contributed by atoms with Gasteiger partial charge in [-0.15, -0.1) is 0 Å². The average Bonchev–Trinajstić information content (AvgIpc) is 2.97. The third-order valence-corrected chi connectivity index (χ3v) is 3.93. The van der Waals surface area contributed by atoms with Gasteiger partial charge in [0.15, 0.2) is 0 Å². The minimum Gasteiger partial charge on any atom is -0.316 e. The van der Waals surface area contributed by atoms with Crippen molar-refractivity contribution in [3.8, 4) is 5.69 Å². The molecule has 1 unspecified atom stereocenters. The summed E-state index contributed by atoms with van der Waals surface area (Å²) in [7, 11) is 2.16. The van der Waals surface area contributed by atoms with Crippen LogP contribution in [0.25, 0.3) is 5.69 Å². The van der Waals surface area contributed by atoms with Crippen molar-refractivity contribution in [2.75, 3.05) is 26.7 Å². The van der Waals surface area contributed by atoms with Gasteiger partial charge in [0.1, 0.15) is 0 Å². The molecule has 1 aliphatic rings. The van der Waals surface area contributed by atoms with E-state index >= 15 is 0 Å². The van der Waals surface area contributed by atoms with Crippen LogP contribution in [-0.2, 0) is 6.54 Å². The smallest absolute Gasteiger partial charge is 0.0971 e. The molecule has 0 aliphatic carbocycles. The number of para-hydroxylation sites is 1. The summed E-state index contributed by atoms with van der Waals surface area (Å²) in [6.07, 6.45) is 4.49. The molecule has 1 aromatic carbocycles. The second-order valence-corrected chi connectivity index (χ2v) is 5.87. The van der Waals surface area contributed by atoms with E-state index in [9.17, 15) is 0 Å². The first-order valence-electron chi connectivity index (χ1n) is 7.67. The van der Waals surface area contributed by atoms with Crippen molar-refractivity contribution in [3.63, 3.8) is 0 Å². The molecule has 0 spiro atoms. The summed E-state index contributed by atoms with van der Waals surface area (Å²) < 4.78 is 0. The lowest BCUT2D eigenvalue weighted by atomic mass is 9.99. The first-order chi connectivity index (χ1) is 10.3. The Hall–Kier alpha value is -1.72. The molecule has 0 saturated carbocycles. The van der Waals surface area contributed by atoms with Gasteiger partial charge in [0.2, 0.25) is 0 Å². The van der Waals surface area contributed by atoms with Gasteiger partial charge in [-0.05, 0) is 51.0 Å². The van der Waals surface area contributed by atoms with Gasteiger partial charge in [0.25, 0.3) is 0 Å². The molecule has 1 aliphatic heterocycles. The number of nitrogens with zero attached hydrogens (tertiary/aromatic N) is 4. The predicted octanol–water partition coefficient (Wildman–Crippen LogP) is 1.70. The normalized spacial score (nSPS) is 19.0. The van der Waals surface area contributed by atoms with E-state index in [0.29, 0.717) is 0 Å². The summed E-state index contributed by atoms with van der Waals surface area (Å²) >= 11 is 0. The molecule has 0 amide bonds. The molecule has 21 heavy (non-hydrogen) atoms. The maximum atomic E-state index is 4.56. The Labute approximate surface area is 126 Å². The molecule has 0 bridgehead atoms. The molecule has 1 fully saturated rings. The molecule has 2 heterocycles. The summed E-state index contributed by atoms with van der Waals surface area (Å²) in [5.74, 6) is 0.757. The average molecular weight is 285 g/mol. The first kappa shape index (κ1) is 14.2. The molecule has 3 rings (SSSR count). The lowest BCUT2D eigenvalue weighted by Gasteiger charge is -2.27. The van der Waals surface area contributed by atoms with Crippen LogP contribution in [0.3, 0.4) is 0 Å². The number of hydrogen-bond donors (Lipinski definition) is 1. The fourth-order valence-corrected chi connectivity index (χ4v) is 2.91. The van der Waals surface area contributed by atoms with Crippen LogP contribution in [-0.4, -0.2) is 46.6 Å².